The fourth-order valence-corrected chi connectivity index (χ4v) is 2.48. The first-order valence-electron chi connectivity index (χ1n) is 6.21. The molecule has 0 fully saturated rings. The average molecular weight is 271 g/mol. The summed E-state index contributed by atoms with van der Waals surface area (Å²) in [6, 6.07) is 12.7. The Morgan fingerprint density at radius 3 is 2.89 bits per heavy atom. The van der Waals surface area contributed by atoms with E-state index < -0.39 is 0 Å². The number of aryl methyl sites for hydroxylation is 2. The van der Waals surface area contributed by atoms with Crippen molar-refractivity contribution in [3.8, 4) is 5.69 Å². The van der Waals surface area contributed by atoms with Crippen LogP contribution in [0.4, 0.5) is 0 Å². The molecule has 3 rings (SSSR count). The van der Waals surface area contributed by atoms with Crippen LogP contribution in [0, 0.1) is 13.0 Å². The fraction of sp³-hybridized carbons (Fsp3) is 0.200. The molecule has 0 spiro atoms. The van der Waals surface area contributed by atoms with Crippen molar-refractivity contribution >= 4 is 22.8 Å². The number of hydrogen-bond acceptors (Lipinski definition) is 2. The van der Waals surface area contributed by atoms with Crippen LogP contribution in [0.15, 0.2) is 30.3 Å². The van der Waals surface area contributed by atoms with Gasteiger partial charge in [-0.15, -0.1) is 0 Å². The molecule has 4 heteroatoms. The van der Waals surface area contributed by atoms with Crippen LogP contribution in [0.2, 0.25) is 5.15 Å². The Hall–Kier alpha value is -1.87. The summed E-state index contributed by atoms with van der Waals surface area (Å²) in [4.78, 5) is 9.11. The second-order valence-corrected chi connectivity index (χ2v) is 4.80. The number of rotatable bonds is 2. The number of halogens is 1. The Kier molecular flexibility index (Phi) is 2.99. The Bertz CT molecular complexity index is 732. The van der Waals surface area contributed by atoms with E-state index >= 15 is 0 Å². The van der Waals surface area contributed by atoms with E-state index in [1.54, 1.807) is 0 Å². The maximum absolute atomic E-state index is 6.08. The maximum Gasteiger partial charge on any atom is 0.166 e. The normalized spacial score (nSPS) is 11.1. The van der Waals surface area contributed by atoms with Gasteiger partial charge in [-0.25, -0.2) is 9.97 Å². The maximum atomic E-state index is 6.08. The van der Waals surface area contributed by atoms with Crippen molar-refractivity contribution in [2.45, 2.75) is 20.3 Å². The van der Waals surface area contributed by atoms with Crippen molar-refractivity contribution in [2.75, 3.05) is 0 Å². The summed E-state index contributed by atoms with van der Waals surface area (Å²) < 4.78 is 2.05. The quantitative estimate of drug-likeness (QED) is 0.664. The van der Waals surface area contributed by atoms with Crippen molar-refractivity contribution in [3.05, 3.63) is 52.9 Å². The van der Waals surface area contributed by atoms with Crippen LogP contribution in [0.5, 0.6) is 0 Å². The molecule has 0 saturated heterocycles. The summed E-state index contributed by atoms with van der Waals surface area (Å²) in [5.41, 5.74) is 3.77. The average Bonchev–Trinajstić information content (AvgIpc) is 2.78. The van der Waals surface area contributed by atoms with E-state index in [4.69, 9.17) is 11.6 Å². The van der Waals surface area contributed by atoms with Crippen molar-refractivity contribution in [2.24, 2.45) is 0 Å². The first-order valence-corrected chi connectivity index (χ1v) is 6.59. The van der Waals surface area contributed by atoms with Gasteiger partial charge in [-0.1, -0.05) is 30.7 Å². The first-order chi connectivity index (χ1) is 9.20. The van der Waals surface area contributed by atoms with E-state index in [-0.39, 0.29) is 0 Å². The van der Waals surface area contributed by atoms with Gasteiger partial charge in [-0.2, -0.15) is 0 Å². The zero-order valence-corrected chi connectivity index (χ0v) is 11.6. The molecule has 0 aliphatic carbocycles. The van der Waals surface area contributed by atoms with Crippen LogP contribution in [0.25, 0.3) is 16.9 Å². The van der Waals surface area contributed by atoms with Gasteiger partial charge >= 0.3 is 0 Å². The number of nitrogens with zero attached hydrogens (tertiary/aromatic N) is 3. The number of imidazole rings is 1. The highest BCUT2D eigenvalue weighted by atomic mass is 35.5. The number of benzene rings is 1. The second-order valence-electron chi connectivity index (χ2n) is 4.41. The van der Waals surface area contributed by atoms with Gasteiger partial charge in [0.05, 0.1) is 0 Å². The molecule has 0 aliphatic heterocycles. The lowest BCUT2D eigenvalue weighted by Crippen LogP contribution is -2.00. The molecule has 0 unspecified atom stereocenters. The van der Waals surface area contributed by atoms with Gasteiger partial charge in [-0.3, -0.25) is 4.57 Å². The molecule has 3 aromatic rings. The number of fused-ring (bicyclic) bond motifs is 1. The molecule has 2 heterocycles. The van der Waals surface area contributed by atoms with Gasteiger partial charge < -0.3 is 0 Å². The third kappa shape index (κ3) is 2.00. The summed E-state index contributed by atoms with van der Waals surface area (Å²) in [6.45, 7) is 4.09. The molecule has 0 bridgehead atoms. The molecule has 19 heavy (non-hydrogen) atoms. The predicted molar refractivity (Wildman–Crippen MR) is 76.8 cm³/mol. The lowest BCUT2D eigenvalue weighted by molar-refractivity contribution is 0.901. The van der Waals surface area contributed by atoms with Gasteiger partial charge in [0.25, 0.3) is 0 Å². The Labute approximate surface area is 116 Å². The van der Waals surface area contributed by atoms with Crippen LogP contribution in [-0.2, 0) is 6.42 Å². The minimum Gasteiger partial charge on any atom is -0.281 e. The summed E-state index contributed by atoms with van der Waals surface area (Å²) >= 11 is 6.08. The van der Waals surface area contributed by atoms with Crippen LogP contribution >= 0.6 is 11.6 Å². The molecule has 95 valence electrons. The summed E-state index contributed by atoms with van der Waals surface area (Å²) in [7, 11) is 0. The molecule has 0 N–H and O–H groups in total. The molecule has 0 atom stereocenters. The zero-order valence-electron chi connectivity index (χ0n) is 10.8. The van der Waals surface area contributed by atoms with E-state index in [9.17, 15) is 0 Å². The minimum atomic E-state index is 0.494. The molecule has 3 nitrogen and oxygen atoms in total. The fourth-order valence-electron chi connectivity index (χ4n) is 2.24. The van der Waals surface area contributed by atoms with Gasteiger partial charge in [0.1, 0.15) is 16.5 Å². The smallest absolute Gasteiger partial charge is 0.166 e. The standard InChI is InChI=1S/C15H13ClN3/c1-3-13-18-14-10(2)9-12(16)17-15(14)19(13)11-7-5-4-6-8-11/h4-5,7-9H,3H2,1-2H3. The van der Waals surface area contributed by atoms with Crippen LogP contribution in [0.1, 0.15) is 18.3 Å². The molecule has 1 radical (unpaired) electrons. The molecule has 0 amide bonds. The van der Waals surface area contributed by atoms with Crippen LogP contribution < -0.4 is 0 Å². The lowest BCUT2D eigenvalue weighted by atomic mass is 10.2. The van der Waals surface area contributed by atoms with Crippen molar-refractivity contribution < 1.29 is 0 Å². The van der Waals surface area contributed by atoms with Gasteiger partial charge in [-0.05, 0) is 36.8 Å². The Balaban J connectivity index is 2.39. The first kappa shape index (κ1) is 12.2. The van der Waals surface area contributed by atoms with E-state index in [0.717, 1.165) is 34.7 Å². The van der Waals surface area contributed by atoms with E-state index in [1.165, 1.54) is 0 Å². The summed E-state index contributed by atoms with van der Waals surface area (Å²) in [6.07, 6.45) is 0.836. The van der Waals surface area contributed by atoms with Gasteiger partial charge in [0, 0.05) is 12.1 Å². The molecular weight excluding hydrogens is 258 g/mol. The minimum absolute atomic E-state index is 0.494. The van der Waals surface area contributed by atoms with Crippen LogP contribution in [-0.4, -0.2) is 14.5 Å². The van der Waals surface area contributed by atoms with Gasteiger partial charge in [0.15, 0.2) is 5.65 Å². The zero-order chi connectivity index (χ0) is 13.4. The summed E-state index contributed by atoms with van der Waals surface area (Å²) in [5, 5.41) is 0.494. The number of pyridine rings is 1. The third-order valence-electron chi connectivity index (χ3n) is 3.11. The SMILES string of the molecule is CCc1nc2c(C)cc(Cl)nc2n1-c1c[c]ccc1. The number of hydrogen-bond donors (Lipinski definition) is 0. The monoisotopic (exact) mass is 270 g/mol. The third-order valence-corrected chi connectivity index (χ3v) is 3.30. The highest BCUT2D eigenvalue weighted by molar-refractivity contribution is 6.29. The predicted octanol–water partition coefficient (Wildman–Crippen LogP) is 3.74. The van der Waals surface area contributed by atoms with Crippen molar-refractivity contribution in [1.82, 2.24) is 14.5 Å². The Morgan fingerprint density at radius 1 is 1.37 bits per heavy atom. The molecule has 0 saturated carbocycles. The molecule has 2 aromatic heterocycles. The molecule has 1 aromatic carbocycles. The largest absolute Gasteiger partial charge is 0.281 e. The highest BCUT2D eigenvalue weighted by Crippen LogP contribution is 2.24. The Morgan fingerprint density at radius 2 is 2.21 bits per heavy atom. The topological polar surface area (TPSA) is 30.7 Å². The number of aromatic nitrogens is 3. The molecule has 0 aliphatic rings. The van der Waals surface area contributed by atoms with Crippen molar-refractivity contribution in [1.29, 1.82) is 0 Å². The van der Waals surface area contributed by atoms with E-state index in [0.29, 0.717) is 5.15 Å². The lowest BCUT2D eigenvalue weighted by Gasteiger charge is -2.07. The van der Waals surface area contributed by atoms with Crippen LogP contribution in [0.3, 0.4) is 0 Å². The van der Waals surface area contributed by atoms with E-state index in [2.05, 4.69) is 23.0 Å². The second kappa shape index (κ2) is 4.67. The molecular formula is C15H13ClN3. The van der Waals surface area contributed by atoms with E-state index in [1.807, 2.05) is 41.8 Å². The summed E-state index contributed by atoms with van der Waals surface area (Å²) in [5.74, 6) is 0.979. The van der Waals surface area contributed by atoms with Gasteiger partial charge in [0.2, 0.25) is 0 Å². The highest BCUT2D eigenvalue weighted by Gasteiger charge is 2.14. The van der Waals surface area contributed by atoms with Crippen molar-refractivity contribution in [3.63, 3.8) is 0 Å².